The topological polar surface area (TPSA) is 74.7 Å². The molecule has 0 aliphatic carbocycles. The lowest BCUT2D eigenvalue weighted by atomic mass is 9.96. The standard InChI is InChI=1S/C12H20N4O/c1-12(2,3)8-16(4)10-7-14-6-5-9(10)11(13)15-17/h5-7,17H,8H2,1-4H3,(H2,13,15). The SMILES string of the molecule is CN(CC(C)(C)C)c1cnccc1/C(N)=N/O. The van der Waals surface area contributed by atoms with Crippen LogP contribution in [0.3, 0.4) is 0 Å². The molecule has 0 saturated carbocycles. The van der Waals surface area contributed by atoms with Gasteiger partial charge in [0, 0.05) is 25.4 Å². The molecule has 0 aliphatic rings. The lowest BCUT2D eigenvalue weighted by Crippen LogP contribution is -2.31. The number of anilines is 1. The third-order valence-corrected chi connectivity index (χ3v) is 2.31. The smallest absolute Gasteiger partial charge is 0.172 e. The van der Waals surface area contributed by atoms with E-state index in [1.54, 1.807) is 18.5 Å². The maximum Gasteiger partial charge on any atom is 0.172 e. The van der Waals surface area contributed by atoms with Crippen LogP contribution in [0.1, 0.15) is 26.3 Å². The number of aromatic nitrogens is 1. The molecule has 0 aromatic carbocycles. The van der Waals surface area contributed by atoms with Gasteiger partial charge in [0.25, 0.3) is 0 Å². The summed E-state index contributed by atoms with van der Waals surface area (Å²) in [4.78, 5) is 6.14. The molecule has 3 N–H and O–H groups in total. The zero-order valence-corrected chi connectivity index (χ0v) is 10.8. The fraction of sp³-hybridized carbons (Fsp3) is 0.500. The lowest BCUT2D eigenvalue weighted by Gasteiger charge is -2.29. The molecule has 0 bridgehead atoms. The van der Waals surface area contributed by atoms with Crippen LogP contribution in [-0.2, 0) is 0 Å². The molecule has 5 nitrogen and oxygen atoms in total. The minimum atomic E-state index is 0.100. The Morgan fingerprint density at radius 3 is 2.71 bits per heavy atom. The number of hydrogen-bond donors (Lipinski definition) is 2. The van der Waals surface area contributed by atoms with Crippen LogP contribution in [0.15, 0.2) is 23.6 Å². The van der Waals surface area contributed by atoms with Gasteiger partial charge in [-0.15, -0.1) is 0 Å². The molecule has 0 atom stereocenters. The molecule has 1 aromatic heterocycles. The van der Waals surface area contributed by atoms with Crippen LogP contribution < -0.4 is 10.6 Å². The summed E-state index contributed by atoms with van der Waals surface area (Å²) in [5.41, 5.74) is 7.35. The predicted octanol–water partition coefficient (Wildman–Crippen LogP) is 1.66. The van der Waals surface area contributed by atoms with E-state index in [0.717, 1.165) is 12.2 Å². The summed E-state index contributed by atoms with van der Waals surface area (Å²) >= 11 is 0. The Bertz CT molecular complexity index is 409. The van der Waals surface area contributed by atoms with Gasteiger partial charge in [0.2, 0.25) is 0 Å². The number of nitrogens with two attached hydrogens (primary N) is 1. The van der Waals surface area contributed by atoms with Crippen molar-refractivity contribution in [3.63, 3.8) is 0 Å². The second-order valence-electron chi connectivity index (χ2n) is 5.29. The van der Waals surface area contributed by atoms with E-state index < -0.39 is 0 Å². The fourth-order valence-corrected chi connectivity index (χ4v) is 1.76. The number of amidine groups is 1. The molecule has 17 heavy (non-hydrogen) atoms. The summed E-state index contributed by atoms with van der Waals surface area (Å²) in [6.45, 7) is 7.32. The first kappa shape index (κ1) is 13.3. The van der Waals surface area contributed by atoms with Gasteiger partial charge in [-0.2, -0.15) is 0 Å². The van der Waals surface area contributed by atoms with Gasteiger partial charge in [0.05, 0.1) is 11.9 Å². The van der Waals surface area contributed by atoms with Crippen molar-refractivity contribution in [3.8, 4) is 0 Å². The first-order valence-corrected chi connectivity index (χ1v) is 5.48. The second kappa shape index (κ2) is 5.03. The molecule has 1 aromatic rings. The Morgan fingerprint density at radius 1 is 1.53 bits per heavy atom. The van der Waals surface area contributed by atoms with Gasteiger partial charge < -0.3 is 15.8 Å². The van der Waals surface area contributed by atoms with Crippen molar-refractivity contribution < 1.29 is 5.21 Å². The molecule has 0 spiro atoms. The van der Waals surface area contributed by atoms with Crippen LogP contribution in [0.4, 0.5) is 5.69 Å². The van der Waals surface area contributed by atoms with Crippen molar-refractivity contribution in [1.82, 2.24) is 4.98 Å². The molecule has 0 saturated heterocycles. The van der Waals surface area contributed by atoms with Crippen molar-refractivity contribution in [3.05, 3.63) is 24.0 Å². The normalized spacial score (nSPS) is 12.6. The summed E-state index contributed by atoms with van der Waals surface area (Å²) in [5.74, 6) is 0.100. The predicted molar refractivity (Wildman–Crippen MR) is 69.5 cm³/mol. The minimum absolute atomic E-state index is 0.100. The van der Waals surface area contributed by atoms with Gasteiger partial charge in [-0.3, -0.25) is 4.98 Å². The van der Waals surface area contributed by atoms with Gasteiger partial charge in [-0.25, -0.2) is 0 Å². The molecule has 0 unspecified atom stereocenters. The van der Waals surface area contributed by atoms with E-state index in [4.69, 9.17) is 10.9 Å². The Morgan fingerprint density at radius 2 is 2.18 bits per heavy atom. The lowest BCUT2D eigenvalue weighted by molar-refractivity contribution is 0.318. The summed E-state index contributed by atoms with van der Waals surface area (Å²) in [7, 11) is 1.97. The molecule has 1 rings (SSSR count). The minimum Gasteiger partial charge on any atom is -0.409 e. The number of oxime groups is 1. The number of rotatable bonds is 3. The van der Waals surface area contributed by atoms with Gasteiger partial charge in [-0.05, 0) is 11.5 Å². The molecular weight excluding hydrogens is 216 g/mol. The van der Waals surface area contributed by atoms with E-state index in [1.807, 2.05) is 7.05 Å². The van der Waals surface area contributed by atoms with Crippen molar-refractivity contribution >= 4 is 11.5 Å². The fourth-order valence-electron chi connectivity index (χ4n) is 1.76. The average molecular weight is 236 g/mol. The third-order valence-electron chi connectivity index (χ3n) is 2.31. The van der Waals surface area contributed by atoms with E-state index in [9.17, 15) is 0 Å². The zero-order chi connectivity index (χ0) is 13.1. The maximum atomic E-state index is 8.75. The van der Waals surface area contributed by atoms with E-state index in [1.165, 1.54) is 0 Å². The van der Waals surface area contributed by atoms with E-state index >= 15 is 0 Å². The van der Waals surface area contributed by atoms with Crippen LogP contribution in [0.5, 0.6) is 0 Å². The molecule has 1 heterocycles. The van der Waals surface area contributed by atoms with Crippen molar-refractivity contribution in [2.75, 3.05) is 18.5 Å². The van der Waals surface area contributed by atoms with Crippen LogP contribution in [0.25, 0.3) is 0 Å². The molecular formula is C12H20N4O. The highest BCUT2D eigenvalue weighted by molar-refractivity contribution is 6.01. The average Bonchev–Trinajstić information content (AvgIpc) is 2.25. The third kappa shape index (κ3) is 3.62. The zero-order valence-electron chi connectivity index (χ0n) is 10.8. The largest absolute Gasteiger partial charge is 0.409 e. The summed E-state index contributed by atoms with van der Waals surface area (Å²) in [6, 6.07) is 1.74. The first-order chi connectivity index (χ1) is 7.85. The first-order valence-electron chi connectivity index (χ1n) is 5.48. The molecule has 0 amide bonds. The molecule has 5 heteroatoms. The van der Waals surface area contributed by atoms with Crippen LogP contribution in [0, 0.1) is 5.41 Å². The molecule has 0 radical (unpaired) electrons. The summed E-state index contributed by atoms with van der Waals surface area (Å²) in [6.07, 6.45) is 3.35. The highest BCUT2D eigenvalue weighted by atomic mass is 16.4. The second-order valence-corrected chi connectivity index (χ2v) is 5.29. The Kier molecular flexibility index (Phi) is 3.93. The Hall–Kier alpha value is -1.78. The van der Waals surface area contributed by atoms with E-state index in [0.29, 0.717) is 5.56 Å². The van der Waals surface area contributed by atoms with Crippen molar-refractivity contribution in [2.24, 2.45) is 16.3 Å². The van der Waals surface area contributed by atoms with Gasteiger partial charge in [-0.1, -0.05) is 25.9 Å². The Labute approximate surface area is 102 Å². The monoisotopic (exact) mass is 236 g/mol. The number of hydrogen-bond acceptors (Lipinski definition) is 4. The van der Waals surface area contributed by atoms with Gasteiger partial charge in [0.15, 0.2) is 5.84 Å². The van der Waals surface area contributed by atoms with Crippen molar-refractivity contribution in [2.45, 2.75) is 20.8 Å². The van der Waals surface area contributed by atoms with Crippen LogP contribution in [-0.4, -0.2) is 29.6 Å². The van der Waals surface area contributed by atoms with E-state index in [-0.39, 0.29) is 11.3 Å². The van der Waals surface area contributed by atoms with Gasteiger partial charge >= 0.3 is 0 Å². The highest BCUT2D eigenvalue weighted by Gasteiger charge is 2.17. The molecule has 0 aliphatic heterocycles. The molecule has 94 valence electrons. The summed E-state index contributed by atoms with van der Waals surface area (Å²) < 4.78 is 0. The quantitative estimate of drug-likeness (QED) is 0.362. The van der Waals surface area contributed by atoms with Crippen LogP contribution >= 0.6 is 0 Å². The Balaban J connectivity index is 3.05. The molecule has 0 fully saturated rings. The summed E-state index contributed by atoms with van der Waals surface area (Å²) in [5, 5.41) is 11.8. The number of pyridine rings is 1. The van der Waals surface area contributed by atoms with Crippen molar-refractivity contribution in [1.29, 1.82) is 0 Å². The highest BCUT2D eigenvalue weighted by Crippen LogP contribution is 2.22. The maximum absolute atomic E-state index is 8.75. The van der Waals surface area contributed by atoms with E-state index in [2.05, 4.69) is 35.8 Å². The van der Waals surface area contributed by atoms with Crippen LogP contribution in [0.2, 0.25) is 0 Å². The van der Waals surface area contributed by atoms with Gasteiger partial charge in [0.1, 0.15) is 0 Å². The number of nitrogens with zero attached hydrogens (tertiary/aromatic N) is 3.